The van der Waals surface area contributed by atoms with Gasteiger partial charge in [-0.25, -0.2) is 0 Å². The van der Waals surface area contributed by atoms with Gasteiger partial charge in [-0.05, 0) is 50.9 Å². The van der Waals surface area contributed by atoms with Gasteiger partial charge in [-0.1, -0.05) is 0 Å². The van der Waals surface area contributed by atoms with Crippen LogP contribution in [0.3, 0.4) is 0 Å². The number of furan rings is 1. The van der Waals surface area contributed by atoms with Crippen molar-refractivity contribution in [2.45, 2.75) is 31.8 Å². The molecule has 2 heterocycles. The van der Waals surface area contributed by atoms with Crippen LogP contribution in [0.25, 0.3) is 0 Å². The zero-order valence-electron chi connectivity index (χ0n) is 10.4. The van der Waals surface area contributed by atoms with E-state index in [4.69, 9.17) is 15.3 Å². The standard InChI is InChI=1S/C13H22N2O2/c1-10(14)13(12-3-2-8-17-12)15-6-4-11(9-16)5-7-15/h2-3,8,10-11,13,16H,4-7,9,14H2,1H3. The van der Waals surface area contributed by atoms with Crippen LogP contribution in [0.1, 0.15) is 31.6 Å². The van der Waals surface area contributed by atoms with Crippen molar-refractivity contribution >= 4 is 0 Å². The molecule has 1 aromatic heterocycles. The van der Waals surface area contributed by atoms with Crippen molar-refractivity contribution in [3.8, 4) is 0 Å². The number of hydrogen-bond donors (Lipinski definition) is 2. The molecular weight excluding hydrogens is 216 g/mol. The quantitative estimate of drug-likeness (QED) is 0.831. The molecule has 0 bridgehead atoms. The number of nitrogens with zero attached hydrogens (tertiary/aromatic N) is 1. The summed E-state index contributed by atoms with van der Waals surface area (Å²) in [4.78, 5) is 2.37. The lowest BCUT2D eigenvalue weighted by molar-refractivity contribution is 0.0821. The molecule has 2 unspecified atom stereocenters. The van der Waals surface area contributed by atoms with E-state index < -0.39 is 0 Å². The van der Waals surface area contributed by atoms with Crippen LogP contribution < -0.4 is 5.73 Å². The van der Waals surface area contributed by atoms with Gasteiger partial charge in [0.05, 0.1) is 12.3 Å². The second-order valence-corrected chi connectivity index (χ2v) is 4.98. The van der Waals surface area contributed by atoms with E-state index >= 15 is 0 Å². The Morgan fingerprint density at radius 1 is 1.53 bits per heavy atom. The Balaban J connectivity index is 2.03. The summed E-state index contributed by atoms with van der Waals surface area (Å²) in [6.45, 7) is 4.29. The van der Waals surface area contributed by atoms with Gasteiger partial charge in [0, 0.05) is 12.6 Å². The Kier molecular flexibility index (Phi) is 4.20. The summed E-state index contributed by atoms with van der Waals surface area (Å²) < 4.78 is 5.49. The fourth-order valence-electron chi connectivity index (χ4n) is 2.64. The highest BCUT2D eigenvalue weighted by molar-refractivity contribution is 5.07. The summed E-state index contributed by atoms with van der Waals surface area (Å²) in [7, 11) is 0. The zero-order chi connectivity index (χ0) is 12.3. The number of nitrogens with two attached hydrogens (primary N) is 1. The number of rotatable bonds is 4. The monoisotopic (exact) mass is 238 g/mol. The van der Waals surface area contributed by atoms with Gasteiger partial charge >= 0.3 is 0 Å². The summed E-state index contributed by atoms with van der Waals surface area (Å²) in [5.41, 5.74) is 6.07. The average molecular weight is 238 g/mol. The van der Waals surface area contributed by atoms with E-state index in [1.165, 1.54) is 0 Å². The van der Waals surface area contributed by atoms with Crippen LogP contribution in [0, 0.1) is 5.92 Å². The fourth-order valence-corrected chi connectivity index (χ4v) is 2.64. The highest BCUT2D eigenvalue weighted by Crippen LogP contribution is 2.28. The van der Waals surface area contributed by atoms with Crippen molar-refractivity contribution in [1.82, 2.24) is 4.90 Å². The molecule has 96 valence electrons. The van der Waals surface area contributed by atoms with Crippen LogP contribution in [0.2, 0.25) is 0 Å². The molecule has 1 aromatic rings. The van der Waals surface area contributed by atoms with Gasteiger partial charge in [-0.3, -0.25) is 4.90 Å². The van der Waals surface area contributed by atoms with Crippen molar-refractivity contribution in [3.05, 3.63) is 24.2 Å². The normalized spacial score (nSPS) is 22.5. The highest BCUT2D eigenvalue weighted by Gasteiger charge is 2.29. The summed E-state index contributed by atoms with van der Waals surface area (Å²) in [6, 6.07) is 4.11. The molecule has 0 amide bonds. The van der Waals surface area contributed by atoms with E-state index in [2.05, 4.69) is 4.90 Å². The minimum Gasteiger partial charge on any atom is -0.468 e. The lowest BCUT2D eigenvalue weighted by Crippen LogP contribution is -2.44. The lowest BCUT2D eigenvalue weighted by atomic mass is 9.94. The molecule has 4 heteroatoms. The van der Waals surface area contributed by atoms with E-state index in [0.29, 0.717) is 12.5 Å². The van der Waals surface area contributed by atoms with Gasteiger partial charge in [-0.2, -0.15) is 0 Å². The molecule has 3 N–H and O–H groups in total. The number of hydrogen-bond acceptors (Lipinski definition) is 4. The molecule has 2 rings (SSSR count). The molecule has 0 aliphatic carbocycles. The van der Waals surface area contributed by atoms with E-state index in [1.807, 2.05) is 19.1 Å². The second-order valence-electron chi connectivity index (χ2n) is 4.98. The van der Waals surface area contributed by atoms with E-state index in [0.717, 1.165) is 31.7 Å². The Morgan fingerprint density at radius 2 is 2.24 bits per heavy atom. The highest BCUT2D eigenvalue weighted by atomic mass is 16.3. The molecule has 0 aromatic carbocycles. The van der Waals surface area contributed by atoms with Crippen LogP contribution in [-0.2, 0) is 0 Å². The average Bonchev–Trinajstić information content (AvgIpc) is 2.83. The van der Waals surface area contributed by atoms with Crippen LogP contribution in [0.15, 0.2) is 22.8 Å². The summed E-state index contributed by atoms with van der Waals surface area (Å²) >= 11 is 0. The van der Waals surface area contributed by atoms with E-state index in [1.54, 1.807) is 6.26 Å². The first-order valence-corrected chi connectivity index (χ1v) is 6.36. The first kappa shape index (κ1) is 12.6. The maximum atomic E-state index is 9.15. The fraction of sp³-hybridized carbons (Fsp3) is 0.692. The number of aliphatic hydroxyl groups excluding tert-OH is 1. The molecule has 0 radical (unpaired) electrons. The number of piperidine rings is 1. The molecule has 0 spiro atoms. The molecular formula is C13H22N2O2. The van der Waals surface area contributed by atoms with Crippen molar-refractivity contribution in [3.63, 3.8) is 0 Å². The molecule has 2 atom stereocenters. The van der Waals surface area contributed by atoms with Gasteiger partial charge in [0.1, 0.15) is 5.76 Å². The van der Waals surface area contributed by atoms with Crippen molar-refractivity contribution in [1.29, 1.82) is 0 Å². The molecule has 1 fully saturated rings. The molecule has 1 saturated heterocycles. The van der Waals surface area contributed by atoms with Gasteiger partial charge in [0.25, 0.3) is 0 Å². The zero-order valence-corrected chi connectivity index (χ0v) is 10.4. The molecule has 1 aliphatic heterocycles. The van der Waals surface area contributed by atoms with Crippen molar-refractivity contribution < 1.29 is 9.52 Å². The van der Waals surface area contributed by atoms with Crippen molar-refractivity contribution in [2.75, 3.05) is 19.7 Å². The van der Waals surface area contributed by atoms with Gasteiger partial charge in [0.2, 0.25) is 0 Å². The van der Waals surface area contributed by atoms with E-state index in [9.17, 15) is 0 Å². The third-order valence-electron chi connectivity index (χ3n) is 3.63. The largest absolute Gasteiger partial charge is 0.468 e. The second kappa shape index (κ2) is 5.67. The van der Waals surface area contributed by atoms with Crippen LogP contribution >= 0.6 is 0 Å². The predicted molar refractivity (Wildman–Crippen MR) is 66.5 cm³/mol. The minimum atomic E-state index is 0.0480. The van der Waals surface area contributed by atoms with Crippen LogP contribution in [0.4, 0.5) is 0 Å². The Bertz CT molecular complexity index is 316. The molecule has 0 saturated carbocycles. The maximum absolute atomic E-state index is 9.15. The van der Waals surface area contributed by atoms with Gasteiger partial charge in [0.15, 0.2) is 0 Å². The molecule has 4 nitrogen and oxygen atoms in total. The number of aliphatic hydroxyl groups is 1. The summed E-state index contributed by atoms with van der Waals surface area (Å²) in [6.07, 6.45) is 3.78. The van der Waals surface area contributed by atoms with Gasteiger partial charge in [-0.15, -0.1) is 0 Å². The third kappa shape index (κ3) is 2.89. The van der Waals surface area contributed by atoms with Crippen LogP contribution in [-0.4, -0.2) is 35.7 Å². The number of likely N-dealkylation sites (tertiary alicyclic amines) is 1. The topological polar surface area (TPSA) is 62.6 Å². The predicted octanol–water partition coefficient (Wildman–Crippen LogP) is 1.37. The third-order valence-corrected chi connectivity index (χ3v) is 3.63. The molecule has 17 heavy (non-hydrogen) atoms. The van der Waals surface area contributed by atoms with Gasteiger partial charge < -0.3 is 15.3 Å². The first-order chi connectivity index (χ1) is 8.22. The molecule has 1 aliphatic rings. The Hall–Kier alpha value is -0.840. The van der Waals surface area contributed by atoms with Crippen LogP contribution in [0.5, 0.6) is 0 Å². The SMILES string of the molecule is CC(N)C(c1ccco1)N1CCC(CO)CC1. The van der Waals surface area contributed by atoms with Crippen molar-refractivity contribution in [2.24, 2.45) is 11.7 Å². The Morgan fingerprint density at radius 3 is 2.71 bits per heavy atom. The maximum Gasteiger partial charge on any atom is 0.122 e. The summed E-state index contributed by atoms with van der Waals surface area (Å²) in [5.74, 6) is 1.40. The smallest absolute Gasteiger partial charge is 0.122 e. The first-order valence-electron chi connectivity index (χ1n) is 6.36. The summed E-state index contributed by atoms with van der Waals surface area (Å²) in [5, 5.41) is 9.15. The Labute approximate surface area is 102 Å². The minimum absolute atomic E-state index is 0.0480. The van der Waals surface area contributed by atoms with E-state index in [-0.39, 0.29) is 12.1 Å². The lowest BCUT2D eigenvalue weighted by Gasteiger charge is -2.37.